The van der Waals surface area contributed by atoms with E-state index in [4.69, 9.17) is 9.47 Å². The van der Waals surface area contributed by atoms with Crippen molar-refractivity contribution in [3.05, 3.63) is 29.8 Å². The van der Waals surface area contributed by atoms with Crippen LogP contribution in [-0.4, -0.2) is 45.4 Å². The van der Waals surface area contributed by atoms with Gasteiger partial charge in [0.1, 0.15) is 5.75 Å². The molecule has 24 heavy (non-hydrogen) atoms. The first kappa shape index (κ1) is 17.2. The van der Waals surface area contributed by atoms with Gasteiger partial charge in [0.05, 0.1) is 12.5 Å². The van der Waals surface area contributed by atoms with Gasteiger partial charge in [-0.05, 0) is 50.4 Å². The molecule has 5 heteroatoms. The molecule has 0 aliphatic carbocycles. The number of rotatable bonds is 6. The van der Waals surface area contributed by atoms with Gasteiger partial charge in [0.2, 0.25) is 5.91 Å². The van der Waals surface area contributed by atoms with Gasteiger partial charge in [-0.2, -0.15) is 0 Å². The fraction of sp³-hybridized carbons (Fsp3) is 0.632. The van der Waals surface area contributed by atoms with E-state index in [2.05, 4.69) is 22.8 Å². The van der Waals surface area contributed by atoms with Crippen LogP contribution in [0, 0.1) is 5.92 Å². The van der Waals surface area contributed by atoms with E-state index in [1.54, 1.807) is 0 Å². The molecular weight excluding hydrogens is 304 g/mol. The lowest BCUT2D eigenvalue weighted by atomic mass is 9.74. The summed E-state index contributed by atoms with van der Waals surface area (Å²) in [6.07, 6.45) is 2.80. The van der Waals surface area contributed by atoms with E-state index in [-0.39, 0.29) is 17.2 Å². The summed E-state index contributed by atoms with van der Waals surface area (Å²) < 4.78 is 11.1. The molecule has 1 atom stereocenters. The van der Waals surface area contributed by atoms with Gasteiger partial charge < -0.3 is 20.1 Å². The Morgan fingerprint density at radius 1 is 1.33 bits per heavy atom. The van der Waals surface area contributed by atoms with Crippen LogP contribution >= 0.6 is 0 Å². The number of hydrogen-bond donors (Lipinski definition) is 2. The van der Waals surface area contributed by atoms with Gasteiger partial charge in [-0.3, -0.25) is 4.79 Å². The second-order valence-corrected chi connectivity index (χ2v) is 6.76. The van der Waals surface area contributed by atoms with Crippen molar-refractivity contribution in [2.75, 3.05) is 39.5 Å². The Morgan fingerprint density at radius 2 is 2.08 bits per heavy atom. The van der Waals surface area contributed by atoms with E-state index in [0.717, 1.165) is 51.3 Å². The van der Waals surface area contributed by atoms with Crippen LogP contribution in [0.5, 0.6) is 5.75 Å². The number of nitrogens with one attached hydrogen (secondary N) is 2. The highest BCUT2D eigenvalue weighted by Crippen LogP contribution is 2.35. The average Bonchev–Trinajstić information content (AvgIpc) is 3.16. The van der Waals surface area contributed by atoms with Crippen LogP contribution in [-0.2, 0) is 14.9 Å². The Hall–Kier alpha value is -1.59. The summed E-state index contributed by atoms with van der Waals surface area (Å²) in [6.45, 7) is 6.56. The maximum Gasteiger partial charge on any atom is 0.224 e. The van der Waals surface area contributed by atoms with Crippen LogP contribution in [0.3, 0.4) is 0 Å². The molecule has 3 rings (SSSR count). The van der Waals surface area contributed by atoms with Crippen molar-refractivity contribution in [3.8, 4) is 5.75 Å². The second-order valence-electron chi connectivity index (χ2n) is 6.76. The Morgan fingerprint density at radius 3 is 2.71 bits per heavy atom. The van der Waals surface area contributed by atoms with Crippen molar-refractivity contribution in [3.63, 3.8) is 0 Å². The average molecular weight is 332 g/mol. The smallest absolute Gasteiger partial charge is 0.224 e. The Labute approximate surface area is 144 Å². The third-order valence-electron chi connectivity index (χ3n) is 5.26. The molecule has 2 N–H and O–H groups in total. The summed E-state index contributed by atoms with van der Waals surface area (Å²) in [5.41, 5.74) is 1.23. The van der Waals surface area contributed by atoms with Crippen molar-refractivity contribution >= 4 is 5.91 Å². The van der Waals surface area contributed by atoms with E-state index in [9.17, 15) is 4.79 Å². The first-order valence-electron chi connectivity index (χ1n) is 9.03. The van der Waals surface area contributed by atoms with Gasteiger partial charge in [-0.25, -0.2) is 0 Å². The Bertz CT molecular complexity index is 532. The number of carbonyl (C=O) groups is 1. The Balaban J connectivity index is 1.70. The standard InChI is InChI=1S/C19H28N2O3/c1-2-24-17-5-3-16(4-6-17)19(8-11-23-12-9-19)14-21-18(22)15-7-10-20-13-15/h3-6,15,20H,2,7-14H2,1H3,(H,21,22). The van der Waals surface area contributed by atoms with Crippen molar-refractivity contribution in [1.82, 2.24) is 10.6 Å². The lowest BCUT2D eigenvalue weighted by Gasteiger charge is -2.38. The van der Waals surface area contributed by atoms with Gasteiger partial charge in [0.25, 0.3) is 0 Å². The fourth-order valence-electron chi connectivity index (χ4n) is 3.68. The third-order valence-corrected chi connectivity index (χ3v) is 5.26. The predicted octanol–water partition coefficient (Wildman–Crippen LogP) is 1.86. The first-order valence-corrected chi connectivity index (χ1v) is 9.03. The van der Waals surface area contributed by atoms with Gasteiger partial charge in [-0.15, -0.1) is 0 Å². The van der Waals surface area contributed by atoms with Gasteiger partial charge >= 0.3 is 0 Å². The van der Waals surface area contributed by atoms with Crippen molar-refractivity contribution in [2.45, 2.75) is 31.6 Å². The molecule has 1 aromatic carbocycles. The molecule has 1 unspecified atom stereocenters. The van der Waals surface area contributed by atoms with Crippen LogP contribution in [0.15, 0.2) is 24.3 Å². The minimum absolute atomic E-state index is 0.0370. The topological polar surface area (TPSA) is 59.6 Å². The molecule has 2 heterocycles. The summed E-state index contributed by atoms with van der Waals surface area (Å²) in [5, 5.41) is 6.46. The first-order chi connectivity index (χ1) is 11.7. The van der Waals surface area contributed by atoms with E-state index in [1.807, 2.05) is 19.1 Å². The van der Waals surface area contributed by atoms with Crippen molar-refractivity contribution < 1.29 is 14.3 Å². The second kappa shape index (κ2) is 7.99. The maximum atomic E-state index is 12.4. The summed E-state index contributed by atoms with van der Waals surface area (Å²) in [6, 6.07) is 8.33. The summed E-state index contributed by atoms with van der Waals surface area (Å²) in [4.78, 5) is 12.4. The number of hydrogen-bond acceptors (Lipinski definition) is 4. The van der Waals surface area contributed by atoms with Gasteiger partial charge in [0, 0.05) is 31.7 Å². The number of ether oxygens (including phenoxy) is 2. The molecule has 2 fully saturated rings. The number of benzene rings is 1. The minimum atomic E-state index is -0.0370. The van der Waals surface area contributed by atoms with E-state index in [0.29, 0.717) is 13.2 Å². The fourth-order valence-corrected chi connectivity index (χ4v) is 3.68. The third kappa shape index (κ3) is 3.90. The molecule has 5 nitrogen and oxygen atoms in total. The molecule has 0 saturated carbocycles. The van der Waals surface area contributed by atoms with Crippen LogP contribution in [0.25, 0.3) is 0 Å². The van der Waals surface area contributed by atoms with Crippen LogP contribution in [0.1, 0.15) is 31.7 Å². The number of carbonyl (C=O) groups excluding carboxylic acids is 1. The molecule has 2 aliphatic heterocycles. The minimum Gasteiger partial charge on any atom is -0.494 e. The largest absolute Gasteiger partial charge is 0.494 e. The number of amides is 1. The molecule has 0 radical (unpaired) electrons. The zero-order valence-electron chi connectivity index (χ0n) is 14.5. The van der Waals surface area contributed by atoms with Crippen molar-refractivity contribution in [1.29, 1.82) is 0 Å². The molecule has 2 aliphatic rings. The Kier molecular flexibility index (Phi) is 5.74. The van der Waals surface area contributed by atoms with Crippen LogP contribution in [0.2, 0.25) is 0 Å². The molecule has 0 spiro atoms. The van der Waals surface area contributed by atoms with E-state index >= 15 is 0 Å². The molecule has 1 amide bonds. The molecule has 0 bridgehead atoms. The monoisotopic (exact) mass is 332 g/mol. The van der Waals surface area contributed by atoms with Gasteiger partial charge in [-0.1, -0.05) is 12.1 Å². The zero-order valence-corrected chi connectivity index (χ0v) is 14.5. The summed E-state index contributed by atoms with van der Waals surface area (Å²) >= 11 is 0. The quantitative estimate of drug-likeness (QED) is 0.835. The lowest BCUT2D eigenvalue weighted by molar-refractivity contribution is -0.124. The summed E-state index contributed by atoms with van der Waals surface area (Å²) in [5.74, 6) is 1.18. The summed E-state index contributed by atoms with van der Waals surface area (Å²) in [7, 11) is 0. The highest BCUT2D eigenvalue weighted by molar-refractivity contribution is 5.79. The molecule has 2 saturated heterocycles. The molecule has 132 valence electrons. The van der Waals surface area contributed by atoms with Crippen LogP contribution in [0.4, 0.5) is 0 Å². The highest BCUT2D eigenvalue weighted by atomic mass is 16.5. The van der Waals surface area contributed by atoms with Gasteiger partial charge in [0.15, 0.2) is 0 Å². The van der Waals surface area contributed by atoms with Crippen LogP contribution < -0.4 is 15.4 Å². The maximum absolute atomic E-state index is 12.4. The predicted molar refractivity (Wildman–Crippen MR) is 93.3 cm³/mol. The zero-order chi connectivity index (χ0) is 16.8. The SMILES string of the molecule is CCOc1ccc(C2(CNC(=O)C3CCNC3)CCOCC2)cc1. The highest BCUT2D eigenvalue weighted by Gasteiger charge is 2.35. The normalized spacial score (nSPS) is 23.0. The van der Waals surface area contributed by atoms with E-state index in [1.165, 1.54) is 5.56 Å². The molecular formula is C19H28N2O3. The molecule has 0 aromatic heterocycles. The lowest BCUT2D eigenvalue weighted by Crippen LogP contribution is -2.46. The molecule has 1 aromatic rings. The van der Waals surface area contributed by atoms with E-state index < -0.39 is 0 Å². The van der Waals surface area contributed by atoms with Crippen molar-refractivity contribution in [2.24, 2.45) is 5.92 Å².